The van der Waals surface area contributed by atoms with Crippen LogP contribution in [-0.2, 0) is 9.59 Å². The average molecular weight is 360 g/mol. The summed E-state index contributed by atoms with van der Waals surface area (Å²) in [5.74, 6) is 0.536. The molecule has 5 nitrogen and oxygen atoms in total. The molecule has 2 N–H and O–H groups in total. The average Bonchev–Trinajstić information content (AvgIpc) is 2.58. The molecular formula is C18H17FN2O3S. The van der Waals surface area contributed by atoms with E-state index in [-0.39, 0.29) is 17.6 Å². The molecule has 3 rings (SSSR count). The molecule has 0 aliphatic carbocycles. The molecule has 7 heteroatoms. The maximum atomic E-state index is 12.8. The minimum atomic E-state index is -0.531. The molecule has 0 saturated heterocycles. The van der Waals surface area contributed by atoms with Gasteiger partial charge in [-0.1, -0.05) is 0 Å². The largest absolute Gasteiger partial charge is 0.479 e. The van der Waals surface area contributed by atoms with Crippen molar-refractivity contribution in [3.8, 4) is 5.75 Å². The third-order valence-corrected chi connectivity index (χ3v) is 4.62. The Morgan fingerprint density at radius 2 is 2.04 bits per heavy atom. The molecule has 0 aromatic heterocycles. The van der Waals surface area contributed by atoms with Gasteiger partial charge in [-0.2, -0.15) is 0 Å². The molecule has 2 aromatic rings. The van der Waals surface area contributed by atoms with Gasteiger partial charge < -0.3 is 15.4 Å². The molecule has 130 valence electrons. The van der Waals surface area contributed by atoms with E-state index in [2.05, 4.69) is 10.6 Å². The van der Waals surface area contributed by atoms with Crippen molar-refractivity contribution in [2.45, 2.75) is 24.3 Å². The zero-order valence-electron chi connectivity index (χ0n) is 13.5. The molecule has 0 fully saturated rings. The molecule has 1 aliphatic rings. The Kier molecular flexibility index (Phi) is 5.23. The summed E-state index contributed by atoms with van der Waals surface area (Å²) in [6, 6.07) is 11.3. The minimum absolute atomic E-state index is 0.133. The van der Waals surface area contributed by atoms with E-state index in [1.165, 1.54) is 23.9 Å². The van der Waals surface area contributed by atoms with Crippen molar-refractivity contribution < 1.29 is 18.7 Å². The molecule has 2 amide bonds. The first kappa shape index (κ1) is 17.3. The van der Waals surface area contributed by atoms with E-state index in [0.29, 0.717) is 29.3 Å². The van der Waals surface area contributed by atoms with Gasteiger partial charge in [-0.05, 0) is 49.4 Å². The Hall–Kier alpha value is -2.54. The van der Waals surface area contributed by atoms with Crippen LogP contribution < -0.4 is 15.4 Å². The molecule has 25 heavy (non-hydrogen) atoms. The number of hydrogen-bond acceptors (Lipinski definition) is 4. The van der Waals surface area contributed by atoms with E-state index < -0.39 is 6.10 Å². The molecule has 1 atom stereocenters. The molecule has 0 radical (unpaired) electrons. The lowest BCUT2D eigenvalue weighted by Crippen LogP contribution is -2.34. The van der Waals surface area contributed by atoms with Crippen LogP contribution in [-0.4, -0.2) is 23.7 Å². The first-order valence-corrected chi connectivity index (χ1v) is 8.79. The molecule has 1 aliphatic heterocycles. The summed E-state index contributed by atoms with van der Waals surface area (Å²) >= 11 is 1.49. The molecule has 0 bridgehead atoms. The zero-order chi connectivity index (χ0) is 17.8. The number of hydrogen-bond donors (Lipinski definition) is 2. The number of nitrogens with one attached hydrogen (secondary N) is 2. The van der Waals surface area contributed by atoms with E-state index in [1.54, 1.807) is 37.3 Å². The monoisotopic (exact) mass is 360 g/mol. The Bertz CT molecular complexity index is 795. The number of ether oxygens (including phenoxy) is 1. The minimum Gasteiger partial charge on any atom is -0.479 e. The first-order chi connectivity index (χ1) is 12.0. The lowest BCUT2D eigenvalue weighted by atomic mass is 10.2. The van der Waals surface area contributed by atoms with Crippen LogP contribution in [0.5, 0.6) is 5.75 Å². The highest BCUT2D eigenvalue weighted by molar-refractivity contribution is 7.99. The number of carbonyl (C=O) groups is 2. The van der Waals surface area contributed by atoms with Gasteiger partial charge in [0.05, 0.1) is 5.69 Å². The smallest absolute Gasteiger partial charge is 0.265 e. The highest BCUT2D eigenvalue weighted by Gasteiger charge is 2.23. The number of carbonyl (C=O) groups excluding carboxylic acids is 2. The molecule has 0 unspecified atom stereocenters. The number of halogens is 1. The summed E-state index contributed by atoms with van der Waals surface area (Å²) < 4.78 is 18.3. The number of benzene rings is 2. The highest BCUT2D eigenvalue weighted by atomic mass is 32.2. The Labute approximate surface area is 148 Å². The molecule has 0 spiro atoms. The van der Waals surface area contributed by atoms with E-state index in [0.717, 1.165) is 4.90 Å². The van der Waals surface area contributed by atoms with E-state index in [1.807, 2.05) is 0 Å². The van der Waals surface area contributed by atoms with E-state index in [9.17, 15) is 14.0 Å². The maximum absolute atomic E-state index is 12.8. The van der Waals surface area contributed by atoms with Gasteiger partial charge in [-0.3, -0.25) is 9.59 Å². The highest BCUT2D eigenvalue weighted by Crippen LogP contribution is 2.32. The van der Waals surface area contributed by atoms with Gasteiger partial charge in [-0.25, -0.2) is 4.39 Å². The van der Waals surface area contributed by atoms with E-state index >= 15 is 0 Å². The topological polar surface area (TPSA) is 67.4 Å². The summed E-state index contributed by atoms with van der Waals surface area (Å²) in [4.78, 5) is 24.6. The van der Waals surface area contributed by atoms with Crippen LogP contribution in [0, 0.1) is 5.82 Å². The maximum Gasteiger partial charge on any atom is 0.265 e. The number of anilines is 2. The fraction of sp³-hybridized carbons (Fsp3) is 0.222. The van der Waals surface area contributed by atoms with Gasteiger partial charge in [0.25, 0.3) is 5.91 Å². The van der Waals surface area contributed by atoms with Gasteiger partial charge in [0.2, 0.25) is 5.91 Å². The van der Waals surface area contributed by atoms with Gasteiger partial charge in [0.15, 0.2) is 6.10 Å². The van der Waals surface area contributed by atoms with Gasteiger partial charge >= 0.3 is 0 Å². The molecule has 1 heterocycles. The van der Waals surface area contributed by atoms with Crippen LogP contribution in [0.3, 0.4) is 0 Å². The Morgan fingerprint density at radius 3 is 2.80 bits per heavy atom. The molecule has 0 saturated carbocycles. The second-order valence-electron chi connectivity index (χ2n) is 5.56. The third-order valence-electron chi connectivity index (χ3n) is 3.61. The van der Waals surface area contributed by atoms with Gasteiger partial charge in [0.1, 0.15) is 11.6 Å². The van der Waals surface area contributed by atoms with Crippen LogP contribution in [0.25, 0.3) is 0 Å². The van der Waals surface area contributed by atoms with Crippen LogP contribution in [0.15, 0.2) is 47.4 Å². The Morgan fingerprint density at radius 1 is 1.28 bits per heavy atom. The molecular weight excluding hydrogens is 343 g/mol. The lowest BCUT2D eigenvalue weighted by molar-refractivity contribution is -0.122. The first-order valence-electron chi connectivity index (χ1n) is 7.81. The van der Waals surface area contributed by atoms with Crippen LogP contribution in [0.2, 0.25) is 0 Å². The number of fused-ring (bicyclic) bond motifs is 1. The molecule has 2 aromatic carbocycles. The van der Waals surface area contributed by atoms with Crippen molar-refractivity contribution in [1.29, 1.82) is 0 Å². The normalized spacial score (nSPS) is 15.8. The fourth-order valence-electron chi connectivity index (χ4n) is 2.30. The number of amides is 2. The second kappa shape index (κ2) is 7.57. The number of thioether (sulfide) groups is 1. The summed E-state index contributed by atoms with van der Waals surface area (Å²) in [7, 11) is 0. The van der Waals surface area contributed by atoms with Crippen LogP contribution >= 0.6 is 11.8 Å². The summed E-state index contributed by atoms with van der Waals surface area (Å²) in [6.07, 6.45) is -0.213. The van der Waals surface area contributed by atoms with Crippen molar-refractivity contribution in [3.63, 3.8) is 0 Å². The third kappa shape index (κ3) is 4.51. The zero-order valence-corrected chi connectivity index (χ0v) is 14.4. The van der Waals surface area contributed by atoms with Gasteiger partial charge in [0, 0.05) is 22.8 Å². The van der Waals surface area contributed by atoms with Crippen molar-refractivity contribution in [2.24, 2.45) is 0 Å². The van der Waals surface area contributed by atoms with Crippen LogP contribution in [0.1, 0.15) is 13.3 Å². The van der Waals surface area contributed by atoms with Crippen LogP contribution in [0.4, 0.5) is 15.8 Å². The lowest BCUT2D eigenvalue weighted by Gasteiger charge is -2.23. The Balaban J connectivity index is 1.52. The quantitative estimate of drug-likeness (QED) is 0.799. The predicted octanol–water partition coefficient (Wildman–Crippen LogP) is 3.67. The second-order valence-corrected chi connectivity index (χ2v) is 6.73. The summed E-state index contributed by atoms with van der Waals surface area (Å²) in [5, 5.41) is 5.54. The van der Waals surface area contributed by atoms with Gasteiger partial charge in [-0.15, -0.1) is 11.8 Å². The van der Waals surface area contributed by atoms with Crippen molar-refractivity contribution in [1.82, 2.24) is 0 Å². The van der Waals surface area contributed by atoms with E-state index in [4.69, 9.17) is 4.74 Å². The summed E-state index contributed by atoms with van der Waals surface area (Å²) in [6.45, 7) is 1.67. The van der Waals surface area contributed by atoms with Crippen molar-refractivity contribution in [3.05, 3.63) is 48.3 Å². The standard InChI is InChI=1S/C18H17FN2O3S/c1-11-18(23)21-15-10-13(4-7-16(15)24-11)20-17(22)8-9-25-14-5-2-12(19)3-6-14/h2-7,10-11H,8-9H2,1H3,(H,20,22)(H,21,23)/t11-/m0/s1. The fourth-order valence-corrected chi connectivity index (χ4v) is 3.15. The van der Waals surface area contributed by atoms with Crippen molar-refractivity contribution in [2.75, 3.05) is 16.4 Å². The predicted molar refractivity (Wildman–Crippen MR) is 95.5 cm³/mol. The summed E-state index contributed by atoms with van der Waals surface area (Å²) in [5.41, 5.74) is 1.13. The SMILES string of the molecule is C[C@@H]1Oc2ccc(NC(=O)CCSc3ccc(F)cc3)cc2NC1=O. The van der Waals surface area contributed by atoms with Crippen molar-refractivity contribution >= 4 is 35.0 Å². The number of rotatable bonds is 5.